The Morgan fingerprint density at radius 3 is 2.45 bits per heavy atom. The van der Waals surface area contributed by atoms with E-state index in [4.69, 9.17) is 4.74 Å². The molecule has 0 bridgehead atoms. The Kier molecular flexibility index (Phi) is 6.19. The molecule has 0 saturated carbocycles. The number of carbonyl (C=O) groups excluding carboxylic acids is 2. The summed E-state index contributed by atoms with van der Waals surface area (Å²) in [6.07, 6.45) is 1.49. The quantitative estimate of drug-likeness (QED) is 0.611. The lowest BCUT2D eigenvalue weighted by Crippen LogP contribution is -2.16. The fourth-order valence-electron chi connectivity index (χ4n) is 2.83. The molecule has 7 nitrogen and oxygen atoms in total. The van der Waals surface area contributed by atoms with Gasteiger partial charge in [-0.3, -0.25) is 4.79 Å². The van der Waals surface area contributed by atoms with Gasteiger partial charge in [-0.05, 0) is 50.1 Å². The number of rotatable bonds is 6. The predicted molar refractivity (Wildman–Crippen MR) is 112 cm³/mol. The molecular weight excluding hydrogens is 368 g/mol. The van der Waals surface area contributed by atoms with Crippen molar-refractivity contribution in [2.45, 2.75) is 20.8 Å². The fraction of sp³-hybridized carbons (Fsp3) is 0.182. The summed E-state index contributed by atoms with van der Waals surface area (Å²) in [7, 11) is 0. The second-order valence-electron chi connectivity index (χ2n) is 6.38. The molecule has 0 unspecified atom stereocenters. The third-order valence-corrected chi connectivity index (χ3v) is 4.28. The van der Waals surface area contributed by atoms with Crippen LogP contribution in [0.2, 0.25) is 0 Å². The van der Waals surface area contributed by atoms with Crippen LogP contribution in [0, 0.1) is 13.8 Å². The topological polar surface area (TPSA) is 93.2 Å². The number of hydrogen-bond donors (Lipinski definition) is 2. The number of esters is 1. The minimum Gasteiger partial charge on any atom is -0.462 e. The summed E-state index contributed by atoms with van der Waals surface area (Å²) < 4.78 is 5.07. The molecule has 3 rings (SSSR count). The van der Waals surface area contributed by atoms with Crippen LogP contribution in [0.5, 0.6) is 0 Å². The van der Waals surface area contributed by atoms with Crippen molar-refractivity contribution in [3.05, 3.63) is 77.1 Å². The number of benzene rings is 2. The van der Waals surface area contributed by atoms with Gasteiger partial charge in [-0.15, -0.1) is 0 Å². The number of nitrogens with zero attached hydrogens (tertiary/aromatic N) is 2. The van der Waals surface area contributed by atoms with E-state index >= 15 is 0 Å². The normalized spacial score (nSPS) is 10.3. The lowest BCUT2D eigenvalue weighted by molar-refractivity contribution is 0.0527. The zero-order valence-electron chi connectivity index (χ0n) is 16.5. The van der Waals surface area contributed by atoms with Crippen LogP contribution >= 0.6 is 0 Å². The summed E-state index contributed by atoms with van der Waals surface area (Å²) >= 11 is 0. The molecule has 0 radical (unpaired) electrons. The van der Waals surface area contributed by atoms with Crippen molar-refractivity contribution in [3.63, 3.8) is 0 Å². The molecule has 7 heteroatoms. The Morgan fingerprint density at radius 1 is 1.00 bits per heavy atom. The van der Waals surface area contributed by atoms with Gasteiger partial charge in [0.2, 0.25) is 5.95 Å². The van der Waals surface area contributed by atoms with E-state index in [1.54, 1.807) is 31.2 Å². The van der Waals surface area contributed by atoms with Gasteiger partial charge in [0, 0.05) is 11.9 Å². The minimum atomic E-state index is -0.445. The molecule has 148 valence electrons. The first kappa shape index (κ1) is 20.0. The highest BCUT2D eigenvalue weighted by Crippen LogP contribution is 2.22. The van der Waals surface area contributed by atoms with Crippen LogP contribution in [-0.4, -0.2) is 28.5 Å². The van der Waals surface area contributed by atoms with Gasteiger partial charge in [0.05, 0.1) is 17.9 Å². The summed E-state index contributed by atoms with van der Waals surface area (Å²) in [6.45, 7) is 5.89. The van der Waals surface area contributed by atoms with Crippen LogP contribution in [-0.2, 0) is 4.74 Å². The predicted octanol–water partition coefficient (Wildman–Crippen LogP) is 4.27. The molecule has 29 heavy (non-hydrogen) atoms. The van der Waals surface area contributed by atoms with E-state index in [0.717, 1.165) is 16.8 Å². The van der Waals surface area contributed by atoms with Crippen molar-refractivity contribution >= 4 is 29.2 Å². The number of carbonyl (C=O) groups is 2. The van der Waals surface area contributed by atoms with E-state index in [9.17, 15) is 9.59 Å². The first-order valence-corrected chi connectivity index (χ1v) is 9.23. The van der Waals surface area contributed by atoms with Gasteiger partial charge < -0.3 is 15.4 Å². The number of amides is 1. The molecule has 0 aliphatic carbocycles. The SMILES string of the molecule is CCOC(=O)c1ccccc1Nc1nccc(C(=O)Nc2c(C)cccc2C)n1. The van der Waals surface area contributed by atoms with Gasteiger partial charge in [0.1, 0.15) is 5.69 Å². The molecule has 0 aliphatic heterocycles. The van der Waals surface area contributed by atoms with Gasteiger partial charge in [-0.1, -0.05) is 30.3 Å². The molecule has 0 saturated heterocycles. The zero-order valence-corrected chi connectivity index (χ0v) is 16.5. The lowest BCUT2D eigenvalue weighted by atomic mass is 10.1. The van der Waals surface area contributed by atoms with E-state index in [0.29, 0.717) is 11.3 Å². The lowest BCUT2D eigenvalue weighted by Gasteiger charge is -2.12. The molecule has 0 fully saturated rings. The van der Waals surface area contributed by atoms with Gasteiger partial charge in [0.15, 0.2) is 0 Å². The number of anilines is 3. The molecule has 2 N–H and O–H groups in total. The average Bonchev–Trinajstić information content (AvgIpc) is 2.71. The first-order valence-electron chi connectivity index (χ1n) is 9.23. The highest BCUT2D eigenvalue weighted by atomic mass is 16.5. The van der Waals surface area contributed by atoms with E-state index in [1.165, 1.54) is 12.3 Å². The zero-order chi connectivity index (χ0) is 20.8. The van der Waals surface area contributed by atoms with Crippen molar-refractivity contribution in [1.82, 2.24) is 9.97 Å². The Bertz CT molecular complexity index is 1030. The fourth-order valence-corrected chi connectivity index (χ4v) is 2.83. The maximum Gasteiger partial charge on any atom is 0.340 e. The smallest absolute Gasteiger partial charge is 0.340 e. The van der Waals surface area contributed by atoms with Crippen LogP contribution in [0.25, 0.3) is 0 Å². The number of para-hydroxylation sites is 2. The van der Waals surface area contributed by atoms with Crippen LogP contribution in [0.3, 0.4) is 0 Å². The van der Waals surface area contributed by atoms with Crippen LogP contribution in [0.4, 0.5) is 17.3 Å². The van der Waals surface area contributed by atoms with E-state index in [2.05, 4.69) is 20.6 Å². The highest BCUT2D eigenvalue weighted by molar-refractivity contribution is 6.04. The first-order chi connectivity index (χ1) is 14.0. The number of ether oxygens (including phenoxy) is 1. The molecule has 0 atom stereocenters. The minimum absolute atomic E-state index is 0.205. The van der Waals surface area contributed by atoms with Crippen molar-refractivity contribution in [2.75, 3.05) is 17.2 Å². The molecule has 0 aliphatic rings. The third-order valence-electron chi connectivity index (χ3n) is 4.28. The highest BCUT2D eigenvalue weighted by Gasteiger charge is 2.15. The summed E-state index contributed by atoms with van der Waals surface area (Å²) in [5, 5.41) is 5.89. The summed E-state index contributed by atoms with van der Waals surface area (Å²) in [4.78, 5) is 33.2. The summed E-state index contributed by atoms with van der Waals surface area (Å²) in [6, 6.07) is 14.2. The summed E-state index contributed by atoms with van der Waals surface area (Å²) in [5.41, 5.74) is 3.77. The Labute approximate surface area is 169 Å². The van der Waals surface area contributed by atoms with E-state index < -0.39 is 5.97 Å². The van der Waals surface area contributed by atoms with E-state index in [1.807, 2.05) is 32.0 Å². The molecule has 2 aromatic carbocycles. The molecule has 3 aromatic rings. The molecule has 1 amide bonds. The molecule has 0 spiro atoms. The number of nitrogens with one attached hydrogen (secondary N) is 2. The van der Waals surface area contributed by atoms with Crippen LogP contribution in [0.15, 0.2) is 54.7 Å². The summed E-state index contributed by atoms with van der Waals surface area (Å²) in [5.74, 6) is -0.582. The largest absolute Gasteiger partial charge is 0.462 e. The number of aromatic nitrogens is 2. The Balaban J connectivity index is 1.82. The Hall–Kier alpha value is -3.74. The van der Waals surface area contributed by atoms with Crippen LogP contribution in [0.1, 0.15) is 38.9 Å². The van der Waals surface area contributed by atoms with Gasteiger partial charge in [-0.25, -0.2) is 14.8 Å². The monoisotopic (exact) mass is 390 g/mol. The maximum absolute atomic E-state index is 12.7. The van der Waals surface area contributed by atoms with Gasteiger partial charge in [0.25, 0.3) is 5.91 Å². The van der Waals surface area contributed by atoms with Gasteiger partial charge in [-0.2, -0.15) is 0 Å². The average molecular weight is 390 g/mol. The molecule has 1 heterocycles. The number of hydrogen-bond acceptors (Lipinski definition) is 6. The standard InChI is InChI=1S/C22H22N4O3/c1-4-29-21(28)16-10-5-6-11-17(16)24-22-23-13-12-18(25-22)20(27)26-19-14(2)8-7-9-15(19)3/h5-13H,4H2,1-3H3,(H,26,27)(H,23,24,25). The molecule has 1 aromatic heterocycles. The second-order valence-corrected chi connectivity index (χ2v) is 6.38. The van der Waals surface area contributed by atoms with E-state index in [-0.39, 0.29) is 24.2 Å². The maximum atomic E-state index is 12.7. The van der Waals surface area contributed by atoms with Crippen molar-refractivity contribution in [1.29, 1.82) is 0 Å². The third kappa shape index (κ3) is 4.76. The van der Waals surface area contributed by atoms with Crippen molar-refractivity contribution in [3.8, 4) is 0 Å². The van der Waals surface area contributed by atoms with Crippen LogP contribution < -0.4 is 10.6 Å². The van der Waals surface area contributed by atoms with Gasteiger partial charge >= 0.3 is 5.97 Å². The molecular formula is C22H22N4O3. The Morgan fingerprint density at radius 2 is 1.72 bits per heavy atom. The van der Waals surface area contributed by atoms with Crippen molar-refractivity contribution < 1.29 is 14.3 Å². The number of aryl methyl sites for hydroxylation is 2. The second kappa shape index (κ2) is 8.97. The van der Waals surface area contributed by atoms with Crippen molar-refractivity contribution in [2.24, 2.45) is 0 Å².